The molecule has 0 bridgehead atoms. The highest BCUT2D eigenvalue weighted by molar-refractivity contribution is 5.71. The van der Waals surface area contributed by atoms with Gasteiger partial charge in [-0.2, -0.15) is 0 Å². The molecule has 1 aliphatic carbocycles. The van der Waals surface area contributed by atoms with Gasteiger partial charge in [0.05, 0.1) is 5.69 Å². The molecule has 2 aromatic heterocycles. The van der Waals surface area contributed by atoms with Gasteiger partial charge in [0.1, 0.15) is 0 Å². The molecule has 1 aliphatic rings. The maximum Gasteiger partial charge on any atom is 0.160 e. The van der Waals surface area contributed by atoms with Crippen LogP contribution in [0.2, 0.25) is 0 Å². The summed E-state index contributed by atoms with van der Waals surface area (Å²) in [6.07, 6.45) is 9.22. The molecule has 4 nitrogen and oxygen atoms in total. The van der Waals surface area contributed by atoms with E-state index in [9.17, 15) is 0 Å². The van der Waals surface area contributed by atoms with E-state index >= 15 is 0 Å². The molecule has 0 saturated carbocycles. The van der Waals surface area contributed by atoms with Crippen LogP contribution in [0, 0.1) is 6.92 Å². The average Bonchev–Trinajstić information content (AvgIpc) is 2.93. The average molecular weight is 477 g/mol. The van der Waals surface area contributed by atoms with Gasteiger partial charge in [0.15, 0.2) is 5.82 Å². The SMILES string of the molecule is CCc1cccc(CC)c1-c1nc(C)c(CN(C)[C@H]2CCCc3ccccc32)c(-c2ccncc2)n1. The Morgan fingerprint density at radius 3 is 2.33 bits per heavy atom. The minimum Gasteiger partial charge on any atom is -0.295 e. The van der Waals surface area contributed by atoms with Gasteiger partial charge in [-0.3, -0.25) is 9.88 Å². The normalized spacial score (nSPS) is 15.2. The van der Waals surface area contributed by atoms with Crippen LogP contribution in [0.15, 0.2) is 67.0 Å². The van der Waals surface area contributed by atoms with Crippen LogP contribution in [0.5, 0.6) is 0 Å². The van der Waals surface area contributed by atoms with Crippen LogP contribution in [0.25, 0.3) is 22.6 Å². The molecule has 2 aromatic carbocycles. The number of fused-ring (bicyclic) bond motifs is 1. The van der Waals surface area contributed by atoms with Gasteiger partial charge in [-0.1, -0.05) is 56.3 Å². The summed E-state index contributed by atoms with van der Waals surface area (Å²) in [5.74, 6) is 0.836. The van der Waals surface area contributed by atoms with Crippen molar-refractivity contribution in [3.63, 3.8) is 0 Å². The molecule has 0 N–H and O–H groups in total. The highest BCUT2D eigenvalue weighted by atomic mass is 15.1. The van der Waals surface area contributed by atoms with E-state index in [1.807, 2.05) is 12.4 Å². The van der Waals surface area contributed by atoms with Crippen LogP contribution < -0.4 is 0 Å². The van der Waals surface area contributed by atoms with Crippen molar-refractivity contribution in [1.29, 1.82) is 0 Å². The smallest absolute Gasteiger partial charge is 0.160 e. The van der Waals surface area contributed by atoms with Crippen molar-refractivity contribution in [2.24, 2.45) is 0 Å². The Hall–Kier alpha value is -3.37. The lowest BCUT2D eigenvalue weighted by molar-refractivity contribution is 0.213. The van der Waals surface area contributed by atoms with Crippen molar-refractivity contribution in [1.82, 2.24) is 19.9 Å². The molecule has 0 saturated heterocycles. The predicted molar refractivity (Wildman–Crippen MR) is 148 cm³/mol. The molecule has 1 atom stereocenters. The summed E-state index contributed by atoms with van der Waals surface area (Å²) in [5.41, 5.74) is 11.1. The van der Waals surface area contributed by atoms with Crippen LogP contribution in [0.4, 0.5) is 0 Å². The Morgan fingerprint density at radius 1 is 0.889 bits per heavy atom. The highest BCUT2D eigenvalue weighted by Crippen LogP contribution is 2.36. The zero-order valence-electron chi connectivity index (χ0n) is 22.0. The van der Waals surface area contributed by atoms with E-state index < -0.39 is 0 Å². The molecule has 2 heterocycles. The quantitative estimate of drug-likeness (QED) is 0.284. The second-order valence-corrected chi connectivity index (χ2v) is 9.88. The minimum absolute atomic E-state index is 0.409. The lowest BCUT2D eigenvalue weighted by Gasteiger charge is -2.34. The van der Waals surface area contributed by atoms with Gasteiger partial charge in [-0.25, -0.2) is 9.97 Å². The van der Waals surface area contributed by atoms with E-state index in [1.165, 1.54) is 52.6 Å². The van der Waals surface area contributed by atoms with Gasteiger partial charge in [0, 0.05) is 47.4 Å². The Morgan fingerprint density at radius 2 is 1.61 bits per heavy atom. The maximum atomic E-state index is 5.27. The van der Waals surface area contributed by atoms with Gasteiger partial charge >= 0.3 is 0 Å². The fourth-order valence-corrected chi connectivity index (χ4v) is 5.72. The topological polar surface area (TPSA) is 41.9 Å². The highest BCUT2D eigenvalue weighted by Gasteiger charge is 2.26. The molecule has 0 fully saturated rings. The summed E-state index contributed by atoms with van der Waals surface area (Å²) < 4.78 is 0. The third-order valence-corrected chi connectivity index (χ3v) is 7.67. The number of hydrogen-bond acceptors (Lipinski definition) is 4. The fraction of sp³-hybridized carbons (Fsp3) is 0.344. The number of hydrogen-bond donors (Lipinski definition) is 0. The van der Waals surface area contributed by atoms with Gasteiger partial charge in [-0.05, 0) is 80.5 Å². The van der Waals surface area contributed by atoms with Crippen molar-refractivity contribution in [3.05, 3.63) is 101 Å². The van der Waals surface area contributed by atoms with Crippen LogP contribution in [-0.2, 0) is 25.8 Å². The number of benzene rings is 2. The standard InChI is InChI=1S/C32H36N4/c1-5-23-12-9-13-24(6-2)30(23)32-34-22(3)28(31(35-32)26-17-19-33-20-18-26)21-36(4)29-16-10-14-25-11-7-8-15-27(25)29/h7-9,11-13,15,17-20,29H,5-6,10,14,16,21H2,1-4H3/t29-/m0/s1. The molecule has 0 spiro atoms. The van der Waals surface area contributed by atoms with E-state index in [-0.39, 0.29) is 0 Å². The number of rotatable bonds is 7. The van der Waals surface area contributed by atoms with E-state index in [0.29, 0.717) is 6.04 Å². The molecule has 0 unspecified atom stereocenters. The first kappa shape index (κ1) is 24.3. The summed E-state index contributed by atoms with van der Waals surface area (Å²) in [5, 5.41) is 0. The molecular weight excluding hydrogens is 440 g/mol. The molecule has 4 aromatic rings. The third-order valence-electron chi connectivity index (χ3n) is 7.67. The Balaban J connectivity index is 1.60. The van der Waals surface area contributed by atoms with Crippen molar-refractivity contribution < 1.29 is 0 Å². The van der Waals surface area contributed by atoms with E-state index in [0.717, 1.165) is 42.2 Å². The van der Waals surface area contributed by atoms with E-state index in [2.05, 4.69) is 92.3 Å². The molecule has 0 amide bonds. The summed E-state index contributed by atoms with van der Waals surface area (Å²) in [7, 11) is 2.25. The second kappa shape index (κ2) is 10.7. The summed E-state index contributed by atoms with van der Waals surface area (Å²) in [6, 6.07) is 20.1. The Bertz CT molecular complexity index is 1320. The molecule has 5 rings (SSSR count). The summed E-state index contributed by atoms with van der Waals surface area (Å²) >= 11 is 0. The van der Waals surface area contributed by atoms with Crippen molar-refractivity contribution in [3.8, 4) is 22.6 Å². The number of aryl methyl sites for hydroxylation is 4. The first-order valence-electron chi connectivity index (χ1n) is 13.3. The maximum absolute atomic E-state index is 5.27. The molecule has 184 valence electrons. The zero-order chi connectivity index (χ0) is 25.1. The molecule has 0 aliphatic heterocycles. The van der Waals surface area contributed by atoms with Crippen LogP contribution >= 0.6 is 0 Å². The molecule has 4 heteroatoms. The number of nitrogens with zero attached hydrogens (tertiary/aromatic N) is 4. The van der Waals surface area contributed by atoms with E-state index in [1.54, 1.807) is 0 Å². The molecular formula is C32H36N4. The molecule has 0 radical (unpaired) electrons. The lowest BCUT2D eigenvalue weighted by Crippen LogP contribution is -2.28. The molecule has 36 heavy (non-hydrogen) atoms. The van der Waals surface area contributed by atoms with Crippen molar-refractivity contribution >= 4 is 0 Å². The van der Waals surface area contributed by atoms with Crippen molar-refractivity contribution in [2.45, 2.75) is 65.5 Å². The Labute approximate surface area is 215 Å². The second-order valence-electron chi connectivity index (χ2n) is 9.88. The monoisotopic (exact) mass is 476 g/mol. The summed E-state index contributed by atoms with van der Waals surface area (Å²) in [6.45, 7) is 7.37. The number of aromatic nitrogens is 3. The largest absolute Gasteiger partial charge is 0.295 e. The minimum atomic E-state index is 0.409. The van der Waals surface area contributed by atoms with Crippen LogP contribution in [0.3, 0.4) is 0 Å². The van der Waals surface area contributed by atoms with Gasteiger partial charge in [0.2, 0.25) is 0 Å². The van der Waals surface area contributed by atoms with Crippen molar-refractivity contribution in [2.75, 3.05) is 7.05 Å². The first-order chi connectivity index (χ1) is 17.6. The lowest BCUT2D eigenvalue weighted by atomic mass is 9.86. The van der Waals surface area contributed by atoms with Crippen LogP contribution in [0.1, 0.15) is 66.2 Å². The van der Waals surface area contributed by atoms with Gasteiger partial charge < -0.3 is 0 Å². The number of pyridine rings is 1. The predicted octanol–water partition coefficient (Wildman–Crippen LogP) is 7.15. The summed E-state index contributed by atoms with van der Waals surface area (Å²) in [4.78, 5) is 17.2. The zero-order valence-corrected chi connectivity index (χ0v) is 22.0. The van der Waals surface area contributed by atoms with Gasteiger partial charge in [0.25, 0.3) is 0 Å². The van der Waals surface area contributed by atoms with Crippen LogP contribution in [-0.4, -0.2) is 26.9 Å². The Kier molecular flexibility index (Phi) is 7.24. The van der Waals surface area contributed by atoms with Gasteiger partial charge in [-0.15, -0.1) is 0 Å². The third kappa shape index (κ3) is 4.70. The van der Waals surface area contributed by atoms with E-state index in [4.69, 9.17) is 9.97 Å². The fourth-order valence-electron chi connectivity index (χ4n) is 5.72. The first-order valence-corrected chi connectivity index (χ1v) is 13.3.